The van der Waals surface area contributed by atoms with Gasteiger partial charge in [0.1, 0.15) is 0 Å². The van der Waals surface area contributed by atoms with Crippen molar-refractivity contribution >= 4 is 40.6 Å². The number of para-hydroxylation sites is 1. The van der Waals surface area contributed by atoms with Crippen molar-refractivity contribution in [3.63, 3.8) is 0 Å². The number of rotatable bonds is 8. The molecule has 1 heterocycles. The van der Waals surface area contributed by atoms with E-state index in [-0.39, 0.29) is 24.9 Å². The van der Waals surface area contributed by atoms with Crippen LogP contribution in [0, 0.1) is 0 Å². The SMILES string of the molecule is CSc1ccccc1NC(=O)C[NH+](C)CC(=O)N(C)Cc1ccsc1. The van der Waals surface area contributed by atoms with Gasteiger partial charge in [0.25, 0.3) is 11.8 Å². The van der Waals surface area contributed by atoms with Crippen molar-refractivity contribution in [3.05, 3.63) is 46.7 Å². The van der Waals surface area contributed by atoms with E-state index < -0.39 is 0 Å². The number of thioether (sulfide) groups is 1. The van der Waals surface area contributed by atoms with E-state index in [9.17, 15) is 9.59 Å². The number of nitrogens with one attached hydrogen (secondary N) is 2. The summed E-state index contributed by atoms with van der Waals surface area (Å²) in [6, 6.07) is 9.72. The Balaban J connectivity index is 1.81. The Morgan fingerprint density at radius 2 is 2.00 bits per heavy atom. The standard InChI is InChI=1S/C18H23N3O2S2/c1-20(12-18(23)21(2)10-14-8-9-25-13-14)11-17(22)19-15-6-4-5-7-16(15)24-3/h4-9,13H,10-12H2,1-3H3,(H,19,22)/p+1. The lowest BCUT2D eigenvalue weighted by atomic mass is 10.3. The first-order chi connectivity index (χ1) is 12.0. The van der Waals surface area contributed by atoms with Gasteiger partial charge >= 0.3 is 0 Å². The smallest absolute Gasteiger partial charge is 0.279 e. The van der Waals surface area contributed by atoms with Crippen molar-refractivity contribution in [2.45, 2.75) is 11.4 Å². The van der Waals surface area contributed by atoms with Gasteiger partial charge in [-0.2, -0.15) is 11.3 Å². The highest BCUT2D eigenvalue weighted by molar-refractivity contribution is 7.98. The first-order valence-electron chi connectivity index (χ1n) is 7.98. The molecule has 0 aliphatic carbocycles. The number of benzene rings is 1. The fraction of sp³-hybridized carbons (Fsp3) is 0.333. The largest absolute Gasteiger partial charge is 0.337 e. The summed E-state index contributed by atoms with van der Waals surface area (Å²) in [6.07, 6.45) is 1.98. The molecule has 0 spiro atoms. The molecule has 0 fully saturated rings. The summed E-state index contributed by atoms with van der Waals surface area (Å²) in [7, 11) is 3.65. The van der Waals surface area contributed by atoms with Gasteiger partial charge in [-0.25, -0.2) is 0 Å². The third-order valence-corrected chi connectivity index (χ3v) is 5.25. The van der Waals surface area contributed by atoms with Crippen LogP contribution in [-0.4, -0.2) is 50.2 Å². The van der Waals surface area contributed by atoms with E-state index >= 15 is 0 Å². The zero-order valence-electron chi connectivity index (χ0n) is 14.7. The Kier molecular flexibility index (Phi) is 7.49. The molecule has 134 valence electrons. The Labute approximate surface area is 157 Å². The summed E-state index contributed by atoms with van der Waals surface area (Å²) < 4.78 is 0. The monoisotopic (exact) mass is 378 g/mol. The number of anilines is 1. The number of nitrogens with zero attached hydrogens (tertiary/aromatic N) is 1. The lowest BCUT2D eigenvalue weighted by molar-refractivity contribution is -0.862. The van der Waals surface area contributed by atoms with E-state index in [1.54, 1.807) is 35.0 Å². The zero-order valence-corrected chi connectivity index (χ0v) is 16.4. The quantitative estimate of drug-likeness (QED) is 0.686. The van der Waals surface area contributed by atoms with Crippen molar-refractivity contribution in [1.29, 1.82) is 0 Å². The molecular weight excluding hydrogens is 354 g/mol. The van der Waals surface area contributed by atoms with Crippen LogP contribution in [0.15, 0.2) is 46.0 Å². The maximum Gasteiger partial charge on any atom is 0.279 e. The third-order valence-electron chi connectivity index (χ3n) is 3.72. The minimum Gasteiger partial charge on any atom is -0.337 e. The number of quaternary nitrogens is 1. The summed E-state index contributed by atoms with van der Waals surface area (Å²) in [4.78, 5) is 28.1. The molecule has 0 bridgehead atoms. The van der Waals surface area contributed by atoms with E-state index in [2.05, 4.69) is 5.32 Å². The van der Waals surface area contributed by atoms with Crippen LogP contribution in [0.5, 0.6) is 0 Å². The minimum atomic E-state index is -0.0905. The number of carbonyl (C=O) groups is 2. The lowest BCUT2D eigenvalue weighted by Gasteiger charge is -2.19. The molecule has 0 radical (unpaired) electrons. The number of amides is 2. The van der Waals surface area contributed by atoms with Gasteiger partial charge in [0.05, 0.1) is 12.7 Å². The second-order valence-electron chi connectivity index (χ2n) is 5.94. The summed E-state index contributed by atoms with van der Waals surface area (Å²) in [5.74, 6) is -0.0618. The van der Waals surface area contributed by atoms with Crippen molar-refractivity contribution in [2.24, 2.45) is 0 Å². The summed E-state index contributed by atoms with van der Waals surface area (Å²) in [5, 5.41) is 6.97. The molecule has 7 heteroatoms. The average molecular weight is 379 g/mol. The molecule has 0 saturated carbocycles. The van der Waals surface area contributed by atoms with Crippen LogP contribution >= 0.6 is 23.1 Å². The van der Waals surface area contributed by atoms with Gasteiger partial charge < -0.3 is 15.1 Å². The van der Waals surface area contributed by atoms with E-state index in [0.29, 0.717) is 6.54 Å². The summed E-state index contributed by atoms with van der Waals surface area (Å²) >= 11 is 3.21. The van der Waals surface area contributed by atoms with Gasteiger partial charge in [0.2, 0.25) is 0 Å². The molecule has 25 heavy (non-hydrogen) atoms. The normalized spacial score (nSPS) is 11.8. The Hall–Kier alpha value is -1.83. The van der Waals surface area contributed by atoms with Crippen LogP contribution in [0.2, 0.25) is 0 Å². The van der Waals surface area contributed by atoms with Crippen LogP contribution in [0.25, 0.3) is 0 Å². The molecule has 1 atom stereocenters. The predicted molar refractivity (Wildman–Crippen MR) is 104 cm³/mol. The van der Waals surface area contributed by atoms with Gasteiger partial charge in [-0.05, 0) is 40.8 Å². The molecule has 1 unspecified atom stereocenters. The van der Waals surface area contributed by atoms with Crippen LogP contribution in [0.1, 0.15) is 5.56 Å². The predicted octanol–water partition coefficient (Wildman–Crippen LogP) is 1.58. The fourth-order valence-electron chi connectivity index (χ4n) is 2.42. The van der Waals surface area contributed by atoms with E-state index in [4.69, 9.17) is 0 Å². The van der Waals surface area contributed by atoms with Crippen molar-refractivity contribution < 1.29 is 14.5 Å². The maximum absolute atomic E-state index is 12.3. The molecule has 2 N–H and O–H groups in total. The minimum absolute atomic E-state index is 0.0287. The molecule has 0 aliphatic rings. The molecule has 0 aliphatic heterocycles. The third kappa shape index (κ3) is 6.19. The van der Waals surface area contributed by atoms with Gasteiger partial charge in [-0.1, -0.05) is 12.1 Å². The van der Waals surface area contributed by atoms with E-state index in [0.717, 1.165) is 21.0 Å². The molecular formula is C18H24N3O2S2+. The van der Waals surface area contributed by atoms with Gasteiger partial charge in [0.15, 0.2) is 13.1 Å². The van der Waals surface area contributed by atoms with Gasteiger partial charge in [0, 0.05) is 18.5 Å². The lowest BCUT2D eigenvalue weighted by Crippen LogP contribution is -3.11. The fourth-order valence-corrected chi connectivity index (χ4v) is 3.63. The van der Waals surface area contributed by atoms with Crippen molar-refractivity contribution in [2.75, 3.05) is 38.8 Å². The molecule has 5 nitrogen and oxygen atoms in total. The molecule has 1 aromatic carbocycles. The topological polar surface area (TPSA) is 53.9 Å². The van der Waals surface area contributed by atoms with E-state index in [1.807, 2.05) is 54.4 Å². The summed E-state index contributed by atoms with van der Waals surface area (Å²) in [5.41, 5.74) is 1.94. The Bertz CT molecular complexity index is 704. The van der Waals surface area contributed by atoms with Gasteiger partial charge in [-0.15, -0.1) is 11.8 Å². The highest BCUT2D eigenvalue weighted by Gasteiger charge is 2.18. The maximum atomic E-state index is 12.3. The molecule has 2 rings (SSSR count). The molecule has 2 amide bonds. The highest BCUT2D eigenvalue weighted by Crippen LogP contribution is 2.24. The Morgan fingerprint density at radius 1 is 1.24 bits per heavy atom. The zero-order chi connectivity index (χ0) is 18.2. The van der Waals surface area contributed by atoms with E-state index in [1.165, 1.54) is 0 Å². The number of carbonyl (C=O) groups excluding carboxylic acids is 2. The van der Waals surface area contributed by atoms with Crippen LogP contribution in [-0.2, 0) is 16.1 Å². The molecule has 1 aromatic heterocycles. The van der Waals surface area contributed by atoms with Crippen molar-refractivity contribution in [3.8, 4) is 0 Å². The first kappa shape index (κ1) is 19.5. The second-order valence-corrected chi connectivity index (χ2v) is 7.57. The number of hydrogen-bond acceptors (Lipinski definition) is 4. The van der Waals surface area contributed by atoms with Gasteiger partial charge in [-0.3, -0.25) is 9.59 Å². The first-order valence-corrected chi connectivity index (χ1v) is 10.2. The molecule has 0 saturated heterocycles. The Morgan fingerprint density at radius 3 is 2.68 bits per heavy atom. The number of hydrogen-bond donors (Lipinski definition) is 2. The number of likely N-dealkylation sites (N-methyl/N-ethyl adjacent to an activating group) is 2. The second kappa shape index (κ2) is 9.60. The van der Waals surface area contributed by atoms with Crippen molar-refractivity contribution in [1.82, 2.24) is 4.90 Å². The average Bonchev–Trinajstić information content (AvgIpc) is 3.07. The highest BCUT2D eigenvalue weighted by atomic mass is 32.2. The van der Waals surface area contributed by atoms with Crippen LogP contribution < -0.4 is 10.2 Å². The van der Waals surface area contributed by atoms with Crippen LogP contribution in [0.3, 0.4) is 0 Å². The molecule has 2 aromatic rings. The summed E-state index contributed by atoms with van der Waals surface area (Å²) in [6.45, 7) is 1.14. The number of thiophene rings is 1. The van der Waals surface area contributed by atoms with Crippen LogP contribution in [0.4, 0.5) is 5.69 Å².